The normalized spacial score (nSPS) is 11.0. The van der Waals surface area contributed by atoms with E-state index in [4.69, 9.17) is 16.9 Å². The molecule has 1 aromatic rings. The van der Waals surface area contributed by atoms with E-state index in [9.17, 15) is 18.0 Å². The van der Waals surface area contributed by atoms with Crippen molar-refractivity contribution in [3.63, 3.8) is 0 Å². The minimum absolute atomic E-state index is 0.0225. The van der Waals surface area contributed by atoms with Crippen LogP contribution in [0.25, 0.3) is 0 Å². The number of nitriles is 1. The average Bonchev–Trinajstić information content (AvgIpc) is 2.15. The van der Waals surface area contributed by atoms with E-state index in [1.54, 1.807) is 6.07 Å². The predicted octanol–water partition coefficient (Wildman–Crippen LogP) is 2.08. The van der Waals surface area contributed by atoms with Gasteiger partial charge in [0.05, 0.1) is 18.4 Å². The zero-order chi connectivity index (χ0) is 13.1. The van der Waals surface area contributed by atoms with Crippen molar-refractivity contribution in [2.75, 3.05) is 0 Å². The molecule has 0 saturated heterocycles. The van der Waals surface area contributed by atoms with Gasteiger partial charge in [0.1, 0.15) is 5.75 Å². The SMILES string of the molecule is N#CCc1[nH]c(=O)cc(OC(F)(F)F)c1CCl. The number of H-pyrrole nitrogens is 1. The molecule has 4 nitrogen and oxygen atoms in total. The Morgan fingerprint density at radius 1 is 1.53 bits per heavy atom. The molecule has 1 aromatic heterocycles. The van der Waals surface area contributed by atoms with Gasteiger partial charge in [0, 0.05) is 17.3 Å². The molecule has 0 aliphatic heterocycles. The molecule has 1 heterocycles. The van der Waals surface area contributed by atoms with Crippen LogP contribution in [0.15, 0.2) is 10.9 Å². The number of aromatic nitrogens is 1. The molecule has 1 rings (SSSR count). The molecule has 0 amide bonds. The Kier molecular flexibility index (Phi) is 4.02. The van der Waals surface area contributed by atoms with E-state index < -0.39 is 17.7 Å². The number of nitrogens with zero attached hydrogens (tertiary/aromatic N) is 1. The van der Waals surface area contributed by atoms with Gasteiger partial charge in [-0.05, 0) is 0 Å². The molecule has 92 valence electrons. The number of pyridine rings is 1. The average molecular weight is 267 g/mol. The molecule has 0 spiro atoms. The highest BCUT2D eigenvalue weighted by Crippen LogP contribution is 2.27. The molecular formula is C9H6ClF3N2O2. The predicted molar refractivity (Wildman–Crippen MR) is 52.6 cm³/mol. The Hall–Kier alpha value is -1.68. The molecule has 1 N–H and O–H groups in total. The van der Waals surface area contributed by atoms with Gasteiger partial charge in [0.25, 0.3) is 5.56 Å². The summed E-state index contributed by atoms with van der Waals surface area (Å²) < 4.78 is 39.9. The summed E-state index contributed by atoms with van der Waals surface area (Å²) in [4.78, 5) is 13.3. The van der Waals surface area contributed by atoms with E-state index in [0.717, 1.165) is 0 Å². The van der Waals surface area contributed by atoms with Crippen LogP contribution in [0, 0.1) is 11.3 Å². The molecule has 0 aliphatic carbocycles. The van der Waals surface area contributed by atoms with Crippen LogP contribution in [-0.4, -0.2) is 11.3 Å². The third kappa shape index (κ3) is 3.67. The summed E-state index contributed by atoms with van der Waals surface area (Å²) >= 11 is 5.48. The number of rotatable bonds is 3. The van der Waals surface area contributed by atoms with Crippen molar-refractivity contribution in [1.82, 2.24) is 4.98 Å². The van der Waals surface area contributed by atoms with Crippen LogP contribution in [-0.2, 0) is 12.3 Å². The quantitative estimate of drug-likeness (QED) is 0.852. The Morgan fingerprint density at radius 2 is 2.18 bits per heavy atom. The van der Waals surface area contributed by atoms with Gasteiger partial charge in [-0.3, -0.25) is 4.79 Å². The van der Waals surface area contributed by atoms with E-state index in [2.05, 4.69) is 9.72 Å². The zero-order valence-electron chi connectivity index (χ0n) is 8.27. The number of halogens is 4. The summed E-state index contributed by atoms with van der Waals surface area (Å²) in [6.07, 6.45) is -5.18. The maximum absolute atomic E-state index is 12.1. The highest BCUT2D eigenvalue weighted by Gasteiger charge is 2.32. The first-order chi connectivity index (χ1) is 7.87. The molecule has 0 bridgehead atoms. The number of alkyl halides is 4. The lowest BCUT2D eigenvalue weighted by atomic mass is 10.1. The van der Waals surface area contributed by atoms with Gasteiger partial charge < -0.3 is 9.72 Å². The van der Waals surface area contributed by atoms with Crippen molar-refractivity contribution in [3.05, 3.63) is 27.7 Å². The first-order valence-corrected chi connectivity index (χ1v) is 4.84. The zero-order valence-corrected chi connectivity index (χ0v) is 9.02. The molecule has 17 heavy (non-hydrogen) atoms. The van der Waals surface area contributed by atoms with Gasteiger partial charge in [-0.1, -0.05) is 0 Å². The molecule has 0 unspecified atom stereocenters. The van der Waals surface area contributed by atoms with Crippen molar-refractivity contribution < 1.29 is 17.9 Å². The van der Waals surface area contributed by atoms with Crippen molar-refractivity contribution >= 4 is 11.6 Å². The second-order valence-corrected chi connectivity index (χ2v) is 3.24. The molecule has 0 saturated carbocycles. The van der Waals surface area contributed by atoms with Crippen LogP contribution in [0.5, 0.6) is 5.75 Å². The van der Waals surface area contributed by atoms with E-state index in [1.807, 2.05) is 0 Å². The number of hydrogen-bond donors (Lipinski definition) is 1. The van der Waals surface area contributed by atoms with Crippen LogP contribution in [0.3, 0.4) is 0 Å². The highest BCUT2D eigenvalue weighted by molar-refractivity contribution is 6.17. The first kappa shape index (κ1) is 13.4. The van der Waals surface area contributed by atoms with E-state index in [1.165, 1.54) is 0 Å². The number of nitrogens with one attached hydrogen (secondary N) is 1. The Labute approximate surface area is 98.6 Å². The van der Waals surface area contributed by atoms with Crippen LogP contribution >= 0.6 is 11.6 Å². The van der Waals surface area contributed by atoms with E-state index >= 15 is 0 Å². The van der Waals surface area contributed by atoms with Crippen LogP contribution < -0.4 is 10.3 Å². The fraction of sp³-hybridized carbons (Fsp3) is 0.333. The van der Waals surface area contributed by atoms with Gasteiger partial charge in [-0.2, -0.15) is 5.26 Å². The summed E-state index contributed by atoms with van der Waals surface area (Å²) in [6.45, 7) is 0. The van der Waals surface area contributed by atoms with Crippen LogP contribution in [0.1, 0.15) is 11.3 Å². The molecule has 0 aromatic carbocycles. The third-order valence-corrected chi connectivity index (χ3v) is 2.08. The van der Waals surface area contributed by atoms with Gasteiger partial charge in [-0.15, -0.1) is 24.8 Å². The van der Waals surface area contributed by atoms with Crippen LogP contribution in [0.4, 0.5) is 13.2 Å². The van der Waals surface area contributed by atoms with Crippen molar-refractivity contribution in [2.24, 2.45) is 0 Å². The molecule has 0 atom stereocenters. The van der Waals surface area contributed by atoms with E-state index in [0.29, 0.717) is 6.07 Å². The van der Waals surface area contributed by atoms with E-state index in [-0.39, 0.29) is 23.6 Å². The van der Waals surface area contributed by atoms with Crippen molar-refractivity contribution in [2.45, 2.75) is 18.7 Å². The lowest BCUT2D eigenvalue weighted by molar-refractivity contribution is -0.274. The fourth-order valence-corrected chi connectivity index (χ4v) is 1.50. The second-order valence-electron chi connectivity index (χ2n) is 2.97. The smallest absolute Gasteiger partial charge is 0.405 e. The summed E-state index contributed by atoms with van der Waals surface area (Å²) in [5.41, 5.74) is -0.817. The van der Waals surface area contributed by atoms with Crippen molar-refractivity contribution in [1.29, 1.82) is 5.26 Å². The number of hydrogen-bond acceptors (Lipinski definition) is 3. The van der Waals surface area contributed by atoms with Crippen molar-refractivity contribution in [3.8, 4) is 11.8 Å². The monoisotopic (exact) mass is 266 g/mol. The Morgan fingerprint density at radius 3 is 2.65 bits per heavy atom. The summed E-state index contributed by atoms with van der Waals surface area (Å²) in [5, 5.41) is 8.48. The minimum atomic E-state index is -4.92. The summed E-state index contributed by atoms with van der Waals surface area (Å²) in [5.74, 6) is -0.986. The minimum Gasteiger partial charge on any atom is -0.405 e. The highest BCUT2D eigenvalue weighted by atomic mass is 35.5. The number of aromatic amines is 1. The maximum atomic E-state index is 12.1. The topological polar surface area (TPSA) is 65.9 Å². The Bertz CT molecular complexity index is 504. The molecule has 8 heteroatoms. The van der Waals surface area contributed by atoms with Gasteiger partial charge >= 0.3 is 6.36 Å². The molecule has 0 aliphatic rings. The summed E-state index contributed by atoms with van der Waals surface area (Å²) in [7, 11) is 0. The fourth-order valence-electron chi connectivity index (χ4n) is 1.21. The van der Waals surface area contributed by atoms with Gasteiger partial charge in [-0.25, -0.2) is 0 Å². The standard InChI is InChI=1S/C9H6ClF3N2O2/c10-4-5-6(1-2-14)15-8(16)3-7(5)17-9(11,12)13/h3H,1,4H2,(H,15,16). The lowest BCUT2D eigenvalue weighted by Gasteiger charge is -2.13. The van der Waals surface area contributed by atoms with Gasteiger partial charge in [0.2, 0.25) is 0 Å². The largest absolute Gasteiger partial charge is 0.573 e. The van der Waals surface area contributed by atoms with Gasteiger partial charge in [0.15, 0.2) is 0 Å². The summed E-state index contributed by atoms with van der Waals surface area (Å²) in [6, 6.07) is 2.36. The first-order valence-electron chi connectivity index (χ1n) is 4.31. The molecular weight excluding hydrogens is 261 g/mol. The van der Waals surface area contributed by atoms with Crippen LogP contribution in [0.2, 0.25) is 0 Å². The molecule has 0 radical (unpaired) electrons. The lowest BCUT2D eigenvalue weighted by Crippen LogP contribution is -2.21. The maximum Gasteiger partial charge on any atom is 0.573 e. The Balaban J connectivity index is 3.29. The third-order valence-electron chi connectivity index (χ3n) is 1.81. The number of ether oxygens (including phenoxy) is 1. The second kappa shape index (κ2) is 5.10. The molecule has 0 fully saturated rings.